The zero-order valence-corrected chi connectivity index (χ0v) is 16.5. The van der Waals surface area contributed by atoms with E-state index in [-0.39, 0.29) is 10.6 Å². The lowest BCUT2D eigenvalue weighted by Crippen LogP contribution is -2.28. The first-order chi connectivity index (χ1) is 13.8. The van der Waals surface area contributed by atoms with Gasteiger partial charge >= 0.3 is 6.03 Å². The van der Waals surface area contributed by atoms with E-state index >= 15 is 0 Å². The molecular formula is C21H20FN3O3S. The molecule has 0 aliphatic rings. The average Bonchev–Trinajstić information content (AvgIpc) is 2.70. The van der Waals surface area contributed by atoms with E-state index in [1.165, 1.54) is 30.3 Å². The third-order valence-electron chi connectivity index (χ3n) is 4.24. The van der Waals surface area contributed by atoms with Crippen LogP contribution in [0.25, 0.3) is 0 Å². The molecule has 1 aromatic heterocycles. The van der Waals surface area contributed by atoms with Gasteiger partial charge in [0.15, 0.2) is 9.84 Å². The lowest BCUT2D eigenvalue weighted by Gasteiger charge is -2.09. The van der Waals surface area contributed by atoms with Crippen LogP contribution in [0, 0.1) is 12.7 Å². The molecule has 0 spiro atoms. The van der Waals surface area contributed by atoms with E-state index in [4.69, 9.17) is 0 Å². The second kappa shape index (κ2) is 8.83. The van der Waals surface area contributed by atoms with Crippen molar-refractivity contribution in [3.8, 4) is 0 Å². The number of aryl methyl sites for hydroxylation is 1. The number of halogens is 1. The molecule has 1 heterocycles. The lowest BCUT2D eigenvalue weighted by molar-refractivity contribution is 0.251. The van der Waals surface area contributed by atoms with Crippen molar-refractivity contribution in [1.82, 2.24) is 10.3 Å². The van der Waals surface area contributed by atoms with Crippen LogP contribution in [0.1, 0.15) is 16.7 Å². The van der Waals surface area contributed by atoms with Crippen LogP contribution in [0.2, 0.25) is 0 Å². The molecule has 0 radical (unpaired) electrons. The van der Waals surface area contributed by atoms with Gasteiger partial charge in [-0.25, -0.2) is 17.6 Å². The number of hydrogen-bond acceptors (Lipinski definition) is 4. The molecule has 3 rings (SSSR count). The Bertz CT molecular complexity index is 1100. The maximum atomic E-state index is 13.7. The van der Waals surface area contributed by atoms with E-state index in [2.05, 4.69) is 15.6 Å². The molecule has 0 atom stereocenters. The minimum absolute atomic E-state index is 0.0970. The van der Waals surface area contributed by atoms with Gasteiger partial charge in [0.1, 0.15) is 5.82 Å². The fraction of sp³-hybridized carbons (Fsp3) is 0.143. The van der Waals surface area contributed by atoms with Crippen LogP contribution < -0.4 is 10.6 Å². The molecule has 0 fully saturated rings. The van der Waals surface area contributed by atoms with Crippen LogP contribution in [0.4, 0.5) is 14.9 Å². The summed E-state index contributed by atoms with van der Waals surface area (Å²) >= 11 is 0. The number of urea groups is 1. The maximum Gasteiger partial charge on any atom is 0.319 e. The van der Waals surface area contributed by atoms with Crippen LogP contribution >= 0.6 is 0 Å². The molecule has 0 saturated heterocycles. The highest BCUT2D eigenvalue weighted by molar-refractivity contribution is 7.90. The van der Waals surface area contributed by atoms with Gasteiger partial charge in [-0.3, -0.25) is 4.98 Å². The van der Waals surface area contributed by atoms with Crippen molar-refractivity contribution >= 4 is 21.6 Å². The Balaban J connectivity index is 1.61. The first-order valence-electron chi connectivity index (χ1n) is 8.85. The molecule has 0 saturated carbocycles. The first-order valence-corrected chi connectivity index (χ1v) is 10.5. The van der Waals surface area contributed by atoms with Crippen LogP contribution in [0.3, 0.4) is 0 Å². The first kappa shape index (κ1) is 20.5. The fourth-order valence-electron chi connectivity index (χ4n) is 2.63. The average molecular weight is 413 g/mol. The van der Waals surface area contributed by atoms with Gasteiger partial charge in [-0.2, -0.15) is 0 Å². The Morgan fingerprint density at radius 3 is 2.48 bits per heavy atom. The molecule has 0 bridgehead atoms. The number of nitrogens with one attached hydrogen (secondary N) is 2. The zero-order valence-electron chi connectivity index (χ0n) is 15.7. The number of amides is 2. The molecule has 29 heavy (non-hydrogen) atoms. The fourth-order valence-corrected chi connectivity index (χ4v) is 3.97. The van der Waals surface area contributed by atoms with Gasteiger partial charge in [0, 0.05) is 24.6 Å². The minimum Gasteiger partial charge on any atom is -0.334 e. The molecule has 8 heteroatoms. The molecule has 0 aliphatic heterocycles. The number of benzene rings is 2. The molecule has 0 unspecified atom stereocenters. The smallest absolute Gasteiger partial charge is 0.319 e. The molecule has 2 aromatic carbocycles. The van der Waals surface area contributed by atoms with E-state index in [0.717, 1.165) is 5.56 Å². The van der Waals surface area contributed by atoms with Crippen molar-refractivity contribution in [3.05, 3.63) is 89.5 Å². The Kier molecular flexibility index (Phi) is 6.23. The number of nitrogens with zero attached hydrogens (tertiary/aromatic N) is 1. The number of rotatable bonds is 6. The summed E-state index contributed by atoms with van der Waals surface area (Å²) in [4.78, 5) is 16.0. The quantitative estimate of drug-likeness (QED) is 0.643. The number of pyridine rings is 1. The van der Waals surface area contributed by atoms with Gasteiger partial charge in [-0.05, 0) is 60.0 Å². The highest BCUT2D eigenvalue weighted by atomic mass is 32.2. The minimum atomic E-state index is -3.64. The van der Waals surface area contributed by atoms with Crippen LogP contribution in [-0.2, 0) is 22.1 Å². The zero-order chi connectivity index (χ0) is 20.9. The predicted octanol–water partition coefficient (Wildman–Crippen LogP) is 3.82. The molecule has 0 aliphatic carbocycles. The molecule has 2 amide bonds. The largest absolute Gasteiger partial charge is 0.334 e. The summed E-state index contributed by atoms with van der Waals surface area (Å²) in [5, 5.41) is 5.33. The molecule has 2 N–H and O–H groups in total. The van der Waals surface area contributed by atoms with Crippen LogP contribution in [0.5, 0.6) is 0 Å². The van der Waals surface area contributed by atoms with Crippen LogP contribution in [-0.4, -0.2) is 19.4 Å². The standard InChI is InChI=1S/C21H20FN3O3S/c1-15-4-5-16(11-20(15)22)14-29(27,28)19-8-6-18(7-9-19)25-21(26)24-13-17-3-2-10-23-12-17/h2-12H,13-14H2,1H3,(H2,24,25,26). The van der Waals surface area contributed by atoms with Gasteiger partial charge < -0.3 is 10.6 Å². The van der Waals surface area contributed by atoms with E-state index in [9.17, 15) is 17.6 Å². The summed E-state index contributed by atoms with van der Waals surface area (Å²) in [5.74, 6) is -0.739. The van der Waals surface area contributed by atoms with Gasteiger partial charge in [-0.15, -0.1) is 0 Å². The van der Waals surface area contributed by atoms with Crippen molar-refractivity contribution in [2.75, 3.05) is 5.32 Å². The maximum absolute atomic E-state index is 13.7. The summed E-state index contributed by atoms with van der Waals surface area (Å²) in [6.07, 6.45) is 3.30. The van der Waals surface area contributed by atoms with Crippen molar-refractivity contribution < 1.29 is 17.6 Å². The number of aromatic nitrogens is 1. The number of carbonyl (C=O) groups is 1. The Morgan fingerprint density at radius 1 is 1.07 bits per heavy atom. The number of sulfone groups is 1. The van der Waals surface area contributed by atoms with E-state index in [0.29, 0.717) is 23.4 Å². The Morgan fingerprint density at radius 2 is 1.83 bits per heavy atom. The summed E-state index contributed by atoms with van der Waals surface area (Å²) in [5.41, 5.74) is 2.15. The van der Waals surface area contributed by atoms with Crippen molar-refractivity contribution in [3.63, 3.8) is 0 Å². The van der Waals surface area contributed by atoms with Crippen LogP contribution in [0.15, 0.2) is 71.9 Å². The highest BCUT2D eigenvalue weighted by Gasteiger charge is 2.16. The van der Waals surface area contributed by atoms with Gasteiger partial charge in [0.2, 0.25) is 0 Å². The predicted molar refractivity (Wildman–Crippen MR) is 109 cm³/mol. The van der Waals surface area contributed by atoms with E-state index in [1.807, 2.05) is 6.07 Å². The van der Waals surface area contributed by atoms with Gasteiger partial charge in [-0.1, -0.05) is 18.2 Å². The molecule has 150 valence electrons. The monoisotopic (exact) mass is 413 g/mol. The third-order valence-corrected chi connectivity index (χ3v) is 5.94. The summed E-state index contributed by atoms with van der Waals surface area (Å²) in [7, 11) is -3.64. The van der Waals surface area contributed by atoms with Gasteiger partial charge in [0.05, 0.1) is 10.6 Å². The topological polar surface area (TPSA) is 88.2 Å². The summed E-state index contributed by atoms with van der Waals surface area (Å²) in [6, 6.07) is 13.4. The number of anilines is 1. The lowest BCUT2D eigenvalue weighted by atomic mass is 10.2. The highest BCUT2D eigenvalue weighted by Crippen LogP contribution is 2.20. The van der Waals surface area contributed by atoms with E-state index < -0.39 is 21.7 Å². The molecular weight excluding hydrogens is 393 g/mol. The summed E-state index contributed by atoms with van der Waals surface area (Å²) < 4.78 is 38.8. The number of carbonyl (C=O) groups excluding carboxylic acids is 1. The normalized spacial score (nSPS) is 11.1. The van der Waals surface area contributed by atoms with E-state index in [1.54, 1.807) is 37.5 Å². The molecule has 3 aromatic rings. The summed E-state index contributed by atoms with van der Waals surface area (Å²) in [6.45, 7) is 1.94. The third kappa shape index (κ3) is 5.61. The second-order valence-electron chi connectivity index (χ2n) is 6.54. The van der Waals surface area contributed by atoms with Crippen molar-refractivity contribution in [2.24, 2.45) is 0 Å². The molecule has 6 nitrogen and oxygen atoms in total. The number of hydrogen-bond donors (Lipinski definition) is 2. The van der Waals surface area contributed by atoms with Gasteiger partial charge in [0.25, 0.3) is 0 Å². The van der Waals surface area contributed by atoms with Crippen molar-refractivity contribution in [2.45, 2.75) is 24.1 Å². The van der Waals surface area contributed by atoms with Crippen molar-refractivity contribution in [1.29, 1.82) is 0 Å². The second-order valence-corrected chi connectivity index (χ2v) is 8.53. The Labute approximate surface area is 168 Å². The SMILES string of the molecule is Cc1ccc(CS(=O)(=O)c2ccc(NC(=O)NCc3cccnc3)cc2)cc1F. The Hall–Kier alpha value is -3.26.